The second-order valence-electron chi connectivity index (χ2n) is 4.98. The van der Waals surface area contributed by atoms with Gasteiger partial charge in [0, 0.05) is 24.8 Å². The minimum absolute atomic E-state index is 0.00769. The molecule has 9 N–H and O–H groups in total. The molecule has 0 bridgehead atoms. The molecule has 1 aromatic heterocycles. The number of hydrogen-bond acceptors (Lipinski definition) is 8. The third-order valence-electron chi connectivity index (χ3n) is 3.20. The monoisotopic (exact) mass is 348 g/mol. The van der Waals surface area contributed by atoms with E-state index in [1.807, 2.05) is 13.8 Å². The molecule has 0 aliphatic rings. The first-order valence-electron chi connectivity index (χ1n) is 7.61. The molecule has 136 valence electrons. The highest BCUT2D eigenvalue weighted by Gasteiger charge is 2.11. The maximum Gasteiger partial charge on any atom is 0.415 e. The molecule has 1 amide bonds. The van der Waals surface area contributed by atoms with Crippen molar-refractivity contribution in [3.63, 3.8) is 0 Å². The second-order valence-corrected chi connectivity index (χ2v) is 4.98. The van der Waals surface area contributed by atoms with Crippen LogP contribution in [0.4, 0.5) is 27.8 Å². The van der Waals surface area contributed by atoms with Gasteiger partial charge in [-0.1, -0.05) is 0 Å². The van der Waals surface area contributed by atoms with Gasteiger partial charge in [0.05, 0.1) is 5.69 Å². The van der Waals surface area contributed by atoms with Gasteiger partial charge < -0.3 is 37.7 Å². The zero-order valence-electron chi connectivity index (χ0n) is 14.3. The SMILES string of the molecule is CCN(CC)C(=O)Oc1ccc(N)cc1.Nc1cc(O)c(N)nc1N. The predicted molar refractivity (Wildman–Crippen MR) is 98.9 cm³/mol. The van der Waals surface area contributed by atoms with Crippen molar-refractivity contribution >= 4 is 29.1 Å². The van der Waals surface area contributed by atoms with E-state index in [0.717, 1.165) is 0 Å². The number of carbonyl (C=O) groups excluding carboxylic acids is 1. The Bertz CT molecular complexity index is 652. The molecule has 0 aliphatic carbocycles. The molecular formula is C16H24N6O3. The lowest BCUT2D eigenvalue weighted by Gasteiger charge is -2.17. The lowest BCUT2D eigenvalue weighted by atomic mass is 10.3. The summed E-state index contributed by atoms with van der Waals surface area (Å²) in [5, 5.41) is 8.90. The summed E-state index contributed by atoms with van der Waals surface area (Å²) in [5.74, 6) is 0.495. The van der Waals surface area contributed by atoms with Crippen LogP contribution in [0.3, 0.4) is 0 Å². The maximum atomic E-state index is 11.5. The smallest absolute Gasteiger partial charge is 0.415 e. The first-order valence-corrected chi connectivity index (χ1v) is 7.61. The minimum Gasteiger partial charge on any atom is -0.504 e. The normalized spacial score (nSPS) is 9.68. The highest BCUT2D eigenvalue weighted by Crippen LogP contribution is 2.23. The molecule has 0 saturated carbocycles. The van der Waals surface area contributed by atoms with Crippen molar-refractivity contribution in [2.75, 3.05) is 36.0 Å². The third-order valence-corrected chi connectivity index (χ3v) is 3.20. The Morgan fingerprint density at radius 3 is 2.12 bits per heavy atom. The van der Waals surface area contributed by atoms with Gasteiger partial charge in [0.2, 0.25) is 0 Å². The number of aromatic hydroxyl groups is 1. The number of amides is 1. The van der Waals surface area contributed by atoms with Crippen LogP contribution in [0, 0.1) is 0 Å². The van der Waals surface area contributed by atoms with Crippen LogP contribution in [0.15, 0.2) is 30.3 Å². The van der Waals surface area contributed by atoms with Gasteiger partial charge in [-0.25, -0.2) is 9.78 Å². The van der Waals surface area contributed by atoms with E-state index in [1.54, 1.807) is 29.2 Å². The quantitative estimate of drug-likeness (QED) is 0.522. The number of benzene rings is 1. The number of pyridine rings is 1. The predicted octanol–water partition coefficient (Wildman–Crippen LogP) is 1.64. The fourth-order valence-corrected chi connectivity index (χ4v) is 1.73. The molecule has 2 aromatic rings. The van der Waals surface area contributed by atoms with Gasteiger partial charge in [-0.05, 0) is 38.1 Å². The molecule has 2 rings (SSSR count). The molecule has 9 nitrogen and oxygen atoms in total. The number of hydrogen-bond donors (Lipinski definition) is 5. The fourth-order valence-electron chi connectivity index (χ4n) is 1.73. The summed E-state index contributed by atoms with van der Waals surface area (Å²) < 4.78 is 5.14. The Balaban J connectivity index is 0.000000271. The molecular weight excluding hydrogens is 324 g/mol. The van der Waals surface area contributed by atoms with E-state index in [4.69, 9.17) is 32.8 Å². The first-order chi connectivity index (χ1) is 11.8. The molecule has 0 atom stereocenters. The topological polar surface area (TPSA) is 167 Å². The van der Waals surface area contributed by atoms with E-state index < -0.39 is 0 Å². The maximum absolute atomic E-state index is 11.5. The van der Waals surface area contributed by atoms with Gasteiger partial charge in [-0.15, -0.1) is 0 Å². The van der Waals surface area contributed by atoms with E-state index >= 15 is 0 Å². The fraction of sp³-hybridized carbons (Fsp3) is 0.250. The van der Waals surface area contributed by atoms with Gasteiger partial charge in [-0.2, -0.15) is 0 Å². The lowest BCUT2D eigenvalue weighted by molar-refractivity contribution is 0.157. The van der Waals surface area contributed by atoms with Crippen LogP contribution in [0.5, 0.6) is 11.5 Å². The van der Waals surface area contributed by atoms with Gasteiger partial charge >= 0.3 is 6.09 Å². The Labute approximate surface area is 146 Å². The molecule has 0 aliphatic heterocycles. The summed E-state index contributed by atoms with van der Waals surface area (Å²) >= 11 is 0. The number of nitrogens with two attached hydrogens (primary N) is 4. The van der Waals surface area contributed by atoms with Gasteiger partial charge in [-0.3, -0.25) is 0 Å². The van der Waals surface area contributed by atoms with Crippen LogP contribution < -0.4 is 27.7 Å². The summed E-state index contributed by atoms with van der Waals surface area (Å²) in [7, 11) is 0. The van der Waals surface area contributed by atoms with Crippen molar-refractivity contribution in [1.29, 1.82) is 0 Å². The zero-order valence-corrected chi connectivity index (χ0v) is 14.3. The van der Waals surface area contributed by atoms with Crippen LogP contribution in [-0.4, -0.2) is 34.2 Å². The molecule has 9 heteroatoms. The van der Waals surface area contributed by atoms with Crippen molar-refractivity contribution in [1.82, 2.24) is 9.88 Å². The summed E-state index contributed by atoms with van der Waals surface area (Å²) in [6.45, 7) is 5.11. The zero-order chi connectivity index (χ0) is 19.0. The standard InChI is InChI=1S/C11H16N2O2.C5H8N4O/c1-3-13(4-2)11(14)15-10-7-5-9(12)6-8-10;6-2-1-3(10)5(8)9-4(2)7/h5-8H,3-4,12H2,1-2H3;1,10H,6H2,(H4,7,8,9). The number of rotatable bonds is 3. The summed E-state index contributed by atoms with van der Waals surface area (Å²) in [6.07, 6.45) is -0.329. The minimum atomic E-state index is -0.329. The highest BCUT2D eigenvalue weighted by molar-refractivity contribution is 5.70. The molecule has 0 fully saturated rings. The molecule has 0 unspecified atom stereocenters. The second kappa shape index (κ2) is 9.06. The lowest BCUT2D eigenvalue weighted by Crippen LogP contribution is -2.33. The van der Waals surface area contributed by atoms with E-state index in [2.05, 4.69) is 4.98 Å². The molecule has 1 heterocycles. The van der Waals surface area contributed by atoms with Crippen molar-refractivity contribution in [3.8, 4) is 11.5 Å². The van der Waals surface area contributed by atoms with Crippen LogP contribution in [0.25, 0.3) is 0 Å². The van der Waals surface area contributed by atoms with Crippen LogP contribution >= 0.6 is 0 Å². The molecule has 0 saturated heterocycles. The van der Waals surface area contributed by atoms with Crippen LogP contribution in [-0.2, 0) is 0 Å². The van der Waals surface area contributed by atoms with E-state index in [0.29, 0.717) is 24.5 Å². The van der Waals surface area contributed by atoms with E-state index in [-0.39, 0.29) is 29.2 Å². The van der Waals surface area contributed by atoms with Crippen molar-refractivity contribution in [2.45, 2.75) is 13.8 Å². The van der Waals surface area contributed by atoms with Gasteiger partial charge in [0.1, 0.15) is 11.6 Å². The average Bonchev–Trinajstić information content (AvgIpc) is 2.57. The number of aromatic nitrogens is 1. The van der Waals surface area contributed by atoms with Crippen LogP contribution in [0.1, 0.15) is 13.8 Å². The van der Waals surface area contributed by atoms with E-state index in [9.17, 15) is 4.79 Å². The number of anilines is 4. The van der Waals surface area contributed by atoms with Gasteiger partial charge in [0.25, 0.3) is 0 Å². The highest BCUT2D eigenvalue weighted by atomic mass is 16.6. The third kappa shape index (κ3) is 5.98. The average molecular weight is 348 g/mol. The Morgan fingerprint density at radius 1 is 1.08 bits per heavy atom. The molecule has 1 aromatic carbocycles. The molecule has 0 spiro atoms. The summed E-state index contributed by atoms with van der Waals surface area (Å²) in [5.41, 5.74) is 22.1. The molecule has 0 radical (unpaired) electrons. The van der Waals surface area contributed by atoms with Gasteiger partial charge in [0.15, 0.2) is 11.6 Å². The van der Waals surface area contributed by atoms with Crippen molar-refractivity contribution in [2.24, 2.45) is 0 Å². The number of ether oxygens (including phenoxy) is 1. The van der Waals surface area contributed by atoms with Crippen molar-refractivity contribution in [3.05, 3.63) is 30.3 Å². The number of carbonyl (C=O) groups is 1. The van der Waals surface area contributed by atoms with E-state index in [1.165, 1.54) is 6.07 Å². The van der Waals surface area contributed by atoms with Crippen LogP contribution in [0.2, 0.25) is 0 Å². The number of nitrogens with zero attached hydrogens (tertiary/aromatic N) is 2. The van der Waals surface area contributed by atoms with Crippen molar-refractivity contribution < 1.29 is 14.6 Å². The summed E-state index contributed by atoms with van der Waals surface area (Å²) in [6, 6.07) is 8.01. The largest absolute Gasteiger partial charge is 0.504 e. The summed E-state index contributed by atoms with van der Waals surface area (Å²) in [4.78, 5) is 16.7. The Morgan fingerprint density at radius 2 is 1.64 bits per heavy atom. The Kier molecular flexibility index (Phi) is 7.14. The number of nitrogen functional groups attached to an aromatic ring is 4. The first kappa shape index (κ1) is 19.7. The Hall–Kier alpha value is -3.36. The molecule has 25 heavy (non-hydrogen) atoms.